The maximum absolute atomic E-state index is 12.5. The van der Waals surface area contributed by atoms with Gasteiger partial charge in [-0.25, -0.2) is 13.4 Å². The maximum atomic E-state index is 12.5. The number of hydrogen-bond donors (Lipinski definition) is 0. The zero-order valence-corrected chi connectivity index (χ0v) is 13.9. The van der Waals surface area contributed by atoms with Crippen LogP contribution in [0.1, 0.15) is 16.4 Å². The summed E-state index contributed by atoms with van der Waals surface area (Å²) >= 11 is 7.28. The van der Waals surface area contributed by atoms with Crippen LogP contribution in [0, 0.1) is 6.92 Å². The minimum absolute atomic E-state index is 0.255. The van der Waals surface area contributed by atoms with Gasteiger partial charge in [-0.15, -0.1) is 22.9 Å². The van der Waals surface area contributed by atoms with Gasteiger partial charge in [0.25, 0.3) is 0 Å². The summed E-state index contributed by atoms with van der Waals surface area (Å²) in [5, 5.41) is 2.80. The third-order valence-corrected chi connectivity index (χ3v) is 5.84. The van der Waals surface area contributed by atoms with Gasteiger partial charge >= 0.3 is 0 Å². The average molecular weight is 334 g/mol. The van der Waals surface area contributed by atoms with Gasteiger partial charge in [0.1, 0.15) is 4.90 Å². The molecule has 0 aliphatic rings. The summed E-state index contributed by atoms with van der Waals surface area (Å²) < 4.78 is 28.0. The summed E-state index contributed by atoms with van der Waals surface area (Å²) in [6, 6.07) is 1.60. The Morgan fingerprint density at radius 3 is 2.70 bits per heavy atom. The van der Waals surface area contributed by atoms with E-state index in [-0.39, 0.29) is 17.3 Å². The van der Waals surface area contributed by atoms with Crippen molar-refractivity contribution in [1.82, 2.24) is 13.9 Å². The third kappa shape index (κ3) is 3.06. The highest BCUT2D eigenvalue weighted by molar-refractivity contribution is 7.89. The maximum Gasteiger partial charge on any atom is 0.244 e. The Balaban J connectivity index is 2.24. The lowest BCUT2D eigenvalue weighted by atomic mass is 10.5. The lowest BCUT2D eigenvalue weighted by molar-refractivity contribution is 0.462. The van der Waals surface area contributed by atoms with E-state index in [2.05, 4.69) is 4.98 Å². The number of aryl methyl sites for hydroxylation is 2. The molecule has 0 atom stereocenters. The first-order valence-electron chi connectivity index (χ1n) is 5.93. The van der Waals surface area contributed by atoms with Crippen molar-refractivity contribution >= 4 is 33.0 Å². The highest BCUT2D eigenvalue weighted by atomic mass is 35.5. The molecule has 0 aliphatic heterocycles. The number of halogens is 1. The van der Waals surface area contributed by atoms with Gasteiger partial charge in [-0.1, -0.05) is 0 Å². The fourth-order valence-electron chi connectivity index (χ4n) is 1.82. The second kappa shape index (κ2) is 5.85. The number of sulfonamides is 1. The van der Waals surface area contributed by atoms with Crippen LogP contribution >= 0.6 is 22.9 Å². The van der Waals surface area contributed by atoms with Crippen molar-refractivity contribution in [3.05, 3.63) is 34.0 Å². The first kappa shape index (κ1) is 15.5. The summed E-state index contributed by atoms with van der Waals surface area (Å²) in [4.78, 5) is 4.54. The fourth-order valence-corrected chi connectivity index (χ4v) is 3.93. The number of nitrogens with zero attached hydrogens (tertiary/aromatic N) is 3. The smallest absolute Gasteiger partial charge is 0.244 e. The predicted molar refractivity (Wildman–Crippen MR) is 80.5 cm³/mol. The van der Waals surface area contributed by atoms with Crippen molar-refractivity contribution in [1.29, 1.82) is 0 Å². The molecule has 5 nitrogen and oxygen atoms in total. The number of hydrogen-bond acceptors (Lipinski definition) is 4. The van der Waals surface area contributed by atoms with Crippen molar-refractivity contribution < 1.29 is 8.42 Å². The zero-order valence-electron chi connectivity index (χ0n) is 11.5. The predicted octanol–water partition coefficient (Wildman–Crippen LogP) is 2.35. The second-order valence-electron chi connectivity index (χ2n) is 4.53. The van der Waals surface area contributed by atoms with Crippen molar-refractivity contribution in [3.63, 3.8) is 0 Å². The lowest BCUT2D eigenvalue weighted by Crippen LogP contribution is -2.26. The van der Waals surface area contributed by atoms with Crippen molar-refractivity contribution in [2.45, 2.75) is 24.2 Å². The van der Waals surface area contributed by atoms with Crippen LogP contribution in [0.2, 0.25) is 0 Å². The van der Waals surface area contributed by atoms with Crippen LogP contribution in [0.25, 0.3) is 0 Å². The van der Waals surface area contributed by atoms with Crippen LogP contribution in [0.5, 0.6) is 0 Å². The van der Waals surface area contributed by atoms with Gasteiger partial charge in [-0.2, -0.15) is 4.31 Å². The van der Waals surface area contributed by atoms with Crippen LogP contribution in [-0.4, -0.2) is 29.3 Å². The molecule has 0 aromatic carbocycles. The summed E-state index contributed by atoms with van der Waals surface area (Å²) in [6.07, 6.45) is 1.58. The van der Waals surface area contributed by atoms with Crippen LogP contribution in [0.4, 0.5) is 0 Å². The molecule has 2 aromatic rings. The van der Waals surface area contributed by atoms with E-state index in [4.69, 9.17) is 11.6 Å². The molecule has 8 heteroatoms. The Kier molecular flexibility index (Phi) is 4.53. The summed E-state index contributed by atoms with van der Waals surface area (Å²) in [5.41, 5.74) is 1.52. The normalized spacial score (nSPS) is 12.2. The summed E-state index contributed by atoms with van der Waals surface area (Å²) in [7, 11) is -0.190. The van der Waals surface area contributed by atoms with Crippen LogP contribution < -0.4 is 0 Å². The summed E-state index contributed by atoms with van der Waals surface area (Å²) in [6.45, 7) is 2.16. The van der Waals surface area contributed by atoms with Gasteiger partial charge in [-0.3, -0.25) is 0 Å². The standard InChI is InChI=1S/C12H16ClN3O2S2/c1-9-14-10(8-19-9)6-16(3)20(17,18)12-4-11(5-13)15(2)7-12/h4,7-8H,5-6H2,1-3H3. The van der Waals surface area contributed by atoms with Gasteiger partial charge in [0, 0.05) is 31.4 Å². The Bertz CT molecular complexity index is 706. The van der Waals surface area contributed by atoms with E-state index < -0.39 is 10.0 Å². The quantitative estimate of drug-likeness (QED) is 0.789. The zero-order chi connectivity index (χ0) is 14.9. The summed E-state index contributed by atoms with van der Waals surface area (Å²) in [5.74, 6) is 0.279. The molecule has 0 N–H and O–H groups in total. The van der Waals surface area contributed by atoms with Crippen molar-refractivity contribution in [3.8, 4) is 0 Å². The number of rotatable bonds is 5. The van der Waals surface area contributed by atoms with E-state index in [1.54, 1.807) is 30.9 Å². The topological polar surface area (TPSA) is 55.2 Å². The lowest BCUT2D eigenvalue weighted by Gasteiger charge is -2.14. The van der Waals surface area contributed by atoms with Crippen molar-refractivity contribution in [2.75, 3.05) is 7.05 Å². The Morgan fingerprint density at radius 1 is 1.50 bits per heavy atom. The number of alkyl halides is 1. The largest absolute Gasteiger partial charge is 0.352 e. The molecule has 2 rings (SSSR count). The Morgan fingerprint density at radius 2 is 2.20 bits per heavy atom. The number of aromatic nitrogens is 2. The highest BCUT2D eigenvalue weighted by Crippen LogP contribution is 2.20. The minimum Gasteiger partial charge on any atom is -0.352 e. The first-order chi connectivity index (χ1) is 9.34. The molecule has 0 bridgehead atoms. The monoisotopic (exact) mass is 333 g/mol. The van der Waals surface area contributed by atoms with Gasteiger partial charge in [-0.05, 0) is 13.0 Å². The van der Waals surface area contributed by atoms with Gasteiger partial charge in [0.15, 0.2) is 0 Å². The molecule has 0 unspecified atom stereocenters. The Labute approximate surface area is 127 Å². The molecule has 0 amide bonds. The van der Waals surface area contributed by atoms with E-state index in [1.165, 1.54) is 15.6 Å². The molecule has 2 heterocycles. The van der Waals surface area contributed by atoms with Crippen LogP contribution in [-0.2, 0) is 29.5 Å². The van der Waals surface area contributed by atoms with Gasteiger partial charge in [0.05, 0.1) is 23.1 Å². The van der Waals surface area contributed by atoms with Gasteiger partial charge < -0.3 is 4.57 Å². The third-order valence-electron chi connectivity index (χ3n) is 2.98. The highest BCUT2D eigenvalue weighted by Gasteiger charge is 2.23. The minimum atomic E-state index is -3.52. The second-order valence-corrected chi connectivity index (χ2v) is 7.90. The fraction of sp³-hybridized carbons (Fsp3) is 0.417. The molecular weight excluding hydrogens is 318 g/mol. The SMILES string of the molecule is Cc1nc(CN(C)S(=O)(=O)c2cc(CCl)n(C)c2)cs1. The van der Waals surface area contributed by atoms with Crippen molar-refractivity contribution in [2.24, 2.45) is 7.05 Å². The Hall–Kier alpha value is -0.890. The van der Waals surface area contributed by atoms with E-state index in [9.17, 15) is 8.42 Å². The first-order valence-corrected chi connectivity index (χ1v) is 8.78. The molecule has 0 fully saturated rings. The average Bonchev–Trinajstić information content (AvgIpc) is 2.95. The van der Waals surface area contributed by atoms with E-state index >= 15 is 0 Å². The van der Waals surface area contributed by atoms with Gasteiger partial charge in [0.2, 0.25) is 10.0 Å². The van der Waals surface area contributed by atoms with E-state index in [0.717, 1.165) is 16.4 Å². The molecule has 0 radical (unpaired) electrons. The molecule has 0 aliphatic carbocycles. The van der Waals surface area contributed by atoms with E-state index in [0.29, 0.717) is 0 Å². The van der Waals surface area contributed by atoms with Crippen LogP contribution in [0.3, 0.4) is 0 Å². The van der Waals surface area contributed by atoms with Crippen LogP contribution in [0.15, 0.2) is 22.5 Å². The molecular formula is C12H16ClN3O2S2. The molecule has 0 saturated heterocycles. The molecule has 110 valence electrons. The molecule has 0 saturated carbocycles. The van der Waals surface area contributed by atoms with E-state index in [1.807, 2.05) is 12.3 Å². The number of thiazole rings is 1. The molecule has 20 heavy (non-hydrogen) atoms. The molecule has 2 aromatic heterocycles. The molecule has 0 spiro atoms.